The van der Waals surface area contributed by atoms with Gasteiger partial charge in [0.1, 0.15) is 22.7 Å². The number of furan rings is 1. The molecule has 4 nitrogen and oxygen atoms in total. The molecule has 1 aliphatic heterocycles. The summed E-state index contributed by atoms with van der Waals surface area (Å²) in [5.41, 5.74) is 5.38. The SMILES string of the molecule is [C-]#[N+]c1ccc2oc3ccc(-n4c5ccccc5c5c6c(ccc54)[Si](c4ccccc4)(c4ccccc4)c4ccccc4O6)cc3c2c1. The molecule has 0 fully saturated rings. The van der Waals surface area contributed by atoms with E-state index in [9.17, 15) is 0 Å². The minimum atomic E-state index is -2.79. The van der Waals surface area contributed by atoms with Crippen molar-refractivity contribution in [3.63, 3.8) is 0 Å². The summed E-state index contributed by atoms with van der Waals surface area (Å²) in [7, 11) is -2.79. The van der Waals surface area contributed by atoms with E-state index in [1.165, 1.54) is 20.7 Å². The second-order valence-corrected chi connectivity index (χ2v) is 16.1. The van der Waals surface area contributed by atoms with Crippen molar-refractivity contribution in [3.05, 3.63) is 169 Å². The molecule has 5 heteroatoms. The summed E-state index contributed by atoms with van der Waals surface area (Å²) in [6, 6.07) is 55.8. The molecule has 3 heterocycles. The average Bonchev–Trinajstić information content (AvgIpc) is 3.69. The molecule has 224 valence electrons. The standard InChI is InChI=1S/C43H26N2O2Si/c1-44-28-20-23-37-33(26-28)34-27-29(21-24-38(34)46-37)45-35-17-9-8-16-32(35)42-36(45)22-25-41-43(42)47-39-18-10-11-19-40(39)48(41,30-12-4-2-5-13-30)31-14-6-3-7-15-31/h2-27H. The average molecular weight is 631 g/mol. The van der Waals surface area contributed by atoms with E-state index in [0.29, 0.717) is 5.69 Å². The summed E-state index contributed by atoms with van der Waals surface area (Å²) < 4.78 is 15.6. The van der Waals surface area contributed by atoms with Gasteiger partial charge in [0.05, 0.1) is 23.0 Å². The van der Waals surface area contributed by atoms with Crippen LogP contribution in [0.3, 0.4) is 0 Å². The highest BCUT2D eigenvalue weighted by atomic mass is 28.3. The fourth-order valence-corrected chi connectivity index (χ4v) is 12.9. The molecule has 0 radical (unpaired) electrons. The summed E-state index contributed by atoms with van der Waals surface area (Å²) in [6.07, 6.45) is 0. The first-order valence-electron chi connectivity index (χ1n) is 16.0. The van der Waals surface area contributed by atoms with Gasteiger partial charge in [-0.25, -0.2) is 4.85 Å². The molecule has 2 aromatic heterocycles. The molecule has 0 amide bonds. The quantitative estimate of drug-likeness (QED) is 0.144. The molecule has 9 aromatic rings. The smallest absolute Gasteiger partial charge is 0.188 e. The number of benzene rings is 7. The monoisotopic (exact) mass is 630 g/mol. The van der Waals surface area contributed by atoms with E-state index in [-0.39, 0.29) is 0 Å². The van der Waals surface area contributed by atoms with Crippen LogP contribution in [-0.4, -0.2) is 12.6 Å². The summed E-state index contributed by atoms with van der Waals surface area (Å²) in [5.74, 6) is 1.84. The van der Waals surface area contributed by atoms with E-state index in [4.69, 9.17) is 15.7 Å². The maximum atomic E-state index is 7.56. The number of fused-ring (bicyclic) bond motifs is 9. The summed E-state index contributed by atoms with van der Waals surface area (Å²) in [5, 5.41) is 9.33. The van der Waals surface area contributed by atoms with Gasteiger partial charge >= 0.3 is 0 Å². The Kier molecular flexibility index (Phi) is 5.63. The fraction of sp³-hybridized carbons (Fsp3) is 0. The molecule has 0 atom stereocenters. The van der Waals surface area contributed by atoms with E-state index < -0.39 is 8.07 Å². The van der Waals surface area contributed by atoms with E-state index >= 15 is 0 Å². The second-order valence-electron chi connectivity index (χ2n) is 12.3. The van der Waals surface area contributed by atoms with Gasteiger partial charge in [-0.2, -0.15) is 0 Å². The predicted molar refractivity (Wildman–Crippen MR) is 198 cm³/mol. The summed E-state index contributed by atoms with van der Waals surface area (Å²) >= 11 is 0. The number of hydrogen-bond acceptors (Lipinski definition) is 2. The minimum absolute atomic E-state index is 0.598. The third-order valence-electron chi connectivity index (χ3n) is 9.94. The van der Waals surface area contributed by atoms with Crippen LogP contribution in [0.15, 0.2) is 162 Å². The number of rotatable bonds is 3. The van der Waals surface area contributed by atoms with E-state index in [2.05, 4.69) is 143 Å². The fourth-order valence-electron chi connectivity index (χ4n) is 7.96. The van der Waals surface area contributed by atoms with Crippen molar-refractivity contribution >= 4 is 78.3 Å². The second kappa shape index (κ2) is 10.1. The van der Waals surface area contributed by atoms with Crippen molar-refractivity contribution < 1.29 is 9.15 Å². The molecule has 7 aromatic carbocycles. The van der Waals surface area contributed by atoms with Crippen molar-refractivity contribution in [2.24, 2.45) is 0 Å². The van der Waals surface area contributed by atoms with E-state index in [0.717, 1.165) is 60.9 Å². The van der Waals surface area contributed by atoms with Crippen LogP contribution in [0.1, 0.15) is 0 Å². The highest BCUT2D eigenvalue weighted by molar-refractivity contribution is 7.20. The van der Waals surface area contributed by atoms with Gasteiger partial charge in [0.25, 0.3) is 0 Å². The van der Waals surface area contributed by atoms with Gasteiger partial charge < -0.3 is 13.7 Å². The highest BCUT2D eigenvalue weighted by Gasteiger charge is 2.48. The van der Waals surface area contributed by atoms with Crippen LogP contribution in [0.25, 0.3) is 54.3 Å². The Morgan fingerprint density at radius 1 is 0.542 bits per heavy atom. The van der Waals surface area contributed by atoms with Gasteiger partial charge in [-0.15, -0.1) is 0 Å². The van der Waals surface area contributed by atoms with Gasteiger partial charge in [0, 0.05) is 21.8 Å². The van der Waals surface area contributed by atoms with Crippen LogP contribution in [0.2, 0.25) is 0 Å². The van der Waals surface area contributed by atoms with Gasteiger partial charge in [-0.3, -0.25) is 0 Å². The lowest BCUT2D eigenvalue weighted by atomic mass is 10.1. The van der Waals surface area contributed by atoms with Crippen molar-refractivity contribution in [3.8, 4) is 17.2 Å². The van der Waals surface area contributed by atoms with Crippen LogP contribution in [0.4, 0.5) is 5.69 Å². The van der Waals surface area contributed by atoms with Gasteiger partial charge in [-0.05, 0) is 69.3 Å². The van der Waals surface area contributed by atoms with Gasteiger partial charge in [0.15, 0.2) is 13.8 Å². The summed E-state index contributed by atoms with van der Waals surface area (Å²) in [4.78, 5) is 3.67. The lowest BCUT2D eigenvalue weighted by Gasteiger charge is -2.39. The number of para-hydroxylation sites is 2. The van der Waals surface area contributed by atoms with Crippen LogP contribution >= 0.6 is 0 Å². The first-order valence-corrected chi connectivity index (χ1v) is 18.0. The lowest BCUT2D eigenvalue weighted by Crippen LogP contribution is -2.76. The zero-order valence-electron chi connectivity index (χ0n) is 25.7. The maximum absolute atomic E-state index is 7.56. The number of hydrogen-bond donors (Lipinski definition) is 0. The molecular weight excluding hydrogens is 605 g/mol. The van der Waals surface area contributed by atoms with Crippen LogP contribution in [0.5, 0.6) is 11.5 Å². The number of ether oxygens (including phenoxy) is 1. The minimum Gasteiger partial charge on any atom is -0.457 e. The van der Waals surface area contributed by atoms with Crippen molar-refractivity contribution in [1.82, 2.24) is 4.57 Å². The van der Waals surface area contributed by atoms with Gasteiger partial charge in [-0.1, -0.05) is 109 Å². The maximum Gasteiger partial charge on any atom is 0.188 e. The Labute approximate surface area is 277 Å². The molecule has 48 heavy (non-hydrogen) atoms. The number of aromatic nitrogens is 1. The topological polar surface area (TPSA) is 31.7 Å². The van der Waals surface area contributed by atoms with Crippen LogP contribution in [-0.2, 0) is 0 Å². The highest BCUT2D eigenvalue weighted by Crippen LogP contribution is 2.42. The molecule has 10 rings (SSSR count). The molecule has 0 unspecified atom stereocenters. The normalized spacial score (nSPS) is 13.3. The first kappa shape index (κ1) is 26.8. The molecule has 0 aliphatic carbocycles. The molecule has 1 aliphatic rings. The Morgan fingerprint density at radius 3 is 1.98 bits per heavy atom. The molecule has 0 N–H and O–H groups in total. The Morgan fingerprint density at radius 2 is 1.21 bits per heavy atom. The molecule has 0 saturated carbocycles. The van der Waals surface area contributed by atoms with Crippen molar-refractivity contribution in [2.75, 3.05) is 0 Å². The Bertz CT molecular complexity index is 2730. The lowest BCUT2D eigenvalue weighted by molar-refractivity contribution is 0.493. The molecule has 0 bridgehead atoms. The van der Waals surface area contributed by atoms with Crippen LogP contribution in [0, 0.1) is 6.57 Å². The Hall–Kier alpha value is -6.35. The number of nitrogens with zero attached hydrogens (tertiary/aromatic N) is 2. The zero-order valence-corrected chi connectivity index (χ0v) is 26.7. The molecule has 0 spiro atoms. The van der Waals surface area contributed by atoms with Crippen LogP contribution < -0.4 is 25.5 Å². The van der Waals surface area contributed by atoms with E-state index in [1.54, 1.807) is 6.07 Å². The molecular formula is C43H26N2O2Si. The zero-order chi connectivity index (χ0) is 31.8. The van der Waals surface area contributed by atoms with Crippen molar-refractivity contribution in [2.45, 2.75) is 0 Å². The van der Waals surface area contributed by atoms with Gasteiger partial charge in [0.2, 0.25) is 0 Å². The summed E-state index contributed by atoms with van der Waals surface area (Å²) in [6.45, 7) is 7.56. The van der Waals surface area contributed by atoms with Crippen molar-refractivity contribution in [1.29, 1.82) is 0 Å². The largest absolute Gasteiger partial charge is 0.457 e. The first-order chi connectivity index (χ1) is 23.8. The predicted octanol–water partition coefficient (Wildman–Crippen LogP) is 8.72. The Balaban J connectivity index is 1.32. The third kappa shape index (κ3) is 3.58. The van der Waals surface area contributed by atoms with E-state index in [1.807, 2.05) is 18.2 Å². The third-order valence-corrected chi connectivity index (χ3v) is 14.8. The molecule has 0 saturated heterocycles.